The van der Waals surface area contributed by atoms with E-state index in [2.05, 4.69) is 10.6 Å². The van der Waals surface area contributed by atoms with Crippen molar-refractivity contribution in [3.63, 3.8) is 0 Å². The summed E-state index contributed by atoms with van der Waals surface area (Å²) in [5, 5.41) is 4.94. The number of alkyl halides is 3. The van der Waals surface area contributed by atoms with E-state index in [9.17, 15) is 18.0 Å². The number of carbonyl (C=O) groups is 1. The summed E-state index contributed by atoms with van der Waals surface area (Å²) < 4.78 is 37.7. The molecule has 1 saturated carbocycles. The lowest BCUT2D eigenvalue weighted by Gasteiger charge is -2.17. The summed E-state index contributed by atoms with van der Waals surface area (Å²) in [7, 11) is 0. The number of amides is 2. The highest BCUT2D eigenvalue weighted by atomic mass is 32.1. The van der Waals surface area contributed by atoms with Crippen LogP contribution in [-0.4, -0.2) is 17.1 Å². The van der Waals surface area contributed by atoms with Crippen molar-refractivity contribution in [1.29, 1.82) is 0 Å². The predicted molar refractivity (Wildman–Crippen MR) is 76.9 cm³/mol. The second-order valence-electron chi connectivity index (χ2n) is 4.89. The summed E-state index contributed by atoms with van der Waals surface area (Å²) in [6, 6.07) is 3.36. The Bertz CT molecular complexity index is 558. The maximum Gasteiger partial charge on any atom is 0.416 e. The largest absolute Gasteiger partial charge is 0.416 e. The van der Waals surface area contributed by atoms with Crippen LogP contribution < -0.4 is 16.4 Å². The molecule has 2 rings (SSSR count). The van der Waals surface area contributed by atoms with Crippen molar-refractivity contribution in [3.05, 3.63) is 29.8 Å². The monoisotopic (exact) mass is 317 g/mol. The van der Waals surface area contributed by atoms with Crippen molar-refractivity contribution in [2.45, 2.75) is 25.1 Å². The minimum Gasteiger partial charge on any atom is -0.392 e. The fourth-order valence-electron chi connectivity index (χ4n) is 1.93. The van der Waals surface area contributed by atoms with Crippen LogP contribution in [-0.2, 0) is 6.18 Å². The standard InChI is InChI=1S/C13H14F3N3OS/c14-13(15,16)8-2-1-3-9(6-8)18-12(20)19-10(11(17)21)7-4-5-7/h1-3,6-7,10H,4-5H2,(H2,17,21)(H2,18,19,20). The molecule has 2 amide bonds. The van der Waals surface area contributed by atoms with Gasteiger partial charge < -0.3 is 16.4 Å². The van der Waals surface area contributed by atoms with Gasteiger partial charge in [0.25, 0.3) is 0 Å². The molecule has 0 spiro atoms. The second-order valence-corrected chi connectivity index (χ2v) is 5.37. The number of nitrogens with two attached hydrogens (primary N) is 1. The first-order chi connectivity index (χ1) is 9.77. The number of anilines is 1. The van der Waals surface area contributed by atoms with Crippen LogP contribution in [0.4, 0.5) is 23.7 Å². The van der Waals surface area contributed by atoms with Gasteiger partial charge in [-0.05, 0) is 37.0 Å². The Hall–Kier alpha value is -1.83. The second kappa shape index (κ2) is 5.88. The van der Waals surface area contributed by atoms with Gasteiger partial charge in [-0.1, -0.05) is 18.3 Å². The number of urea groups is 1. The zero-order chi connectivity index (χ0) is 15.6. The highest BCUT2D eigenvalue weighted by Gasteiger charge is 2.34. The topological polar surface area (TPSA) is 67.1 Å². The molecule has 1 aromatic rings. The number of halogens is 3. The van der Waals surface area contributed by atoms with E-state index in [-0.39, 0.29) is 16.6 Å². The molecule has 1 fully saturated rings. The Morgan fingerprint density at radius 3 is 2.57 bits per heavy atom. The van der Waals surface area contributed by atoms with E-state index in [4.69, 9.17) is 18.0 Å². The van der Waals surface area contributed by atoms with Gasteiger partial charge in [0.15, 0.2) is 0 Å². The van der Waals surface area contributed by atoms with Gasteiger partial charge in [-0.25, -0.2) is 4.79 Å². The average molecular weight is 317 g/mol. The van der Waals surface area contributed by atoms with Gasteiger partial charge in [-0.3, -0.25) is 0 Å². The molecular weight excluding hydrogens is 303 g/mol. The van der Waals surface area contributed by atoms with E-state index in [0.717, 1.165) is 25.0 Å². The molecule has 1 unspecified atom stereocenters. The van der Waals surface area contributed by atoms with Gasteiger partial charge in [0, 0.05) is 5.69 Å². The summed E-state index contributed by atoms with van der Waals surface area (Å²) in [6.07, 6.45) is -2.61. The molecule has 0 saturated heterocycles. The van der Waals surface area contributed by atoms with E-state index in [1.807, 2.05) is 0 Å². The van der Waals surface area contributed by atoms with Crippen LogP contribution in [0, 0.1) is 5.92 Å². The molecule has 0 radical (unpaired) electrons. The maximum absolute atomic E-state index is 12.6. The van der Waals surface area contributed by atoms with Crippen LogP contribution >= 0.6 is 12.2 Å². The quantitative estimate of drug-likeness (QED) is 0.748. The van der Waals surface area contributed by atoms with E-state index in [0.29, 0.717) is 0 Å². The van der Waals surface area contributed by atoms with Gasteiger partial charge in [0.05, 0.1) is 16.6 Å². The van der Waals surface area contributed by atoms with Crippen molar-refractivity contribution in [2.24, 2.45) is 11.7 Å². The molecule has 0 aromatic heterocycles. The van der Waals surface area contributed by atoms with Crippen LogP contribution in [0.1, 0.15) is 18.4 Å². The molecule has 1 aliphatic rings. The molecule has 0 bridgehead atoms. The van der Waals surface area contributed by atoms with E-state index >= 15 is 0 Å². The fourth-order valence-corrected chi connectivity index (χ4v) is 2.18. The summed E-state index contributed by atoms with van der Waals surface area (Å²) in [5.74, 6) is 0.217. The average Bonchev–Trinajstić information content (AvgIpc) is 3.19. The minimum atomic E-state index is -4.45. The van der Waals surface area contributed by atoms with Crippen molar-refractivity contribution >= 4 is 28.9 Å². The molecule has 4 nitrogen and oxygen atoms in total. The number of carbonyl (C=O) groups excluding carboxylic acids is 1. The SMILES string of the molecule is NC(=S)C(NC(=O)Nc1cccc(C(F)(F)F)c1)C1CC1. The Kier molecular flexibility index (Phi) is 4.36. The maximum atomic E-state index is 12.6. The zero-order valence-corrected chi connectivity index (χ0v) is 11.7. The summed E-state index contributed by atoms with van der Waals surface area (Å²) in [5.41, 5.74) is 4.77. The zero-order valence-electron chi connectivity index (χ0n) is 10.9. The fraction of sp³-hybridized carbons (Fsp3) is 0.385. The lowest BCUT2D eigenvalue weighted by atomic mass is 10.2. The molecule has 4 N–H and O–H groups in total. The van der Waals surface area contributed by atoms with Crippen LogP contribution in [0.5, 0.6) is 0 Å². The van der Waals surface area contributed by atoms with E-state index in [1.54, 1.807) is 0 Å². The van der Waals surface area contributed by atoms with Crippen molar-refractivity contribution in [1.82, 2.24) is 5.32 Å². The molecule has 1 aliphatic carbocycles. The van der Waals surface area contributed by atoms with E-state index in [1.165, 1.54) is 12.1 Å². The molecule has 21 heavy (non-hydrogen) atoms. The summed E-state index contributed by atoms with van der Waals surface area (Å²) in [6.45, 7) is 0. The summed E-state index contributed by atoms with van der Waals surface area (Å²) >= 11 is 4.87. The van der Waals surface area contributed by atoms with Gasteiger partial charge in [0.1, 0.15) is 0 Å². The highest BCUT2D eigenvalue weighted by Crippen LogP contribution is 2.33. The third-order valence-corrected chi connectivity index (χ3v) is 3.39. The van der Waals surface area contributed by atoms with Gasteiger partial charge in [0.2, 0.25) is 0 Å². The van der Waals surface area contributed by atoms with Crippen molar-refractivity contribution < 1.29 is 18.0 Å². The van der Waals surface area contributed by atoms with Crippen molar-refractivity contribution in [3.8, 4) is 0 Å². The molecule has 8 heteroatoms. The summed E-state index contributed by atoms with van der Waals surface area (Å²) in [4.78, 5) is 12.0. The number of benzene rings is 1. The van der Waals surface area contributed by atoms with Crippen LogP contribution in [0.3, 0.4) is 0 Å². The van der Waals surface area contributed by atoms with Crippen LogP contribution in [0.25, 0.3) is 0 Å². The van der Waals surface area contributed by atoms with Crippen LogP contribution in [0.15, 0.2) is 24.3 Å². The number of thiocarbonyl (C=S) groups is 1. The molecule has 0 aliphatic heterocycles. The number of rotatable bonds is 4. The highest BCUT2D eigenvalue weighted by molar-refractivity contribution is 7.80. The minimum absolute atomic E-state index is 0.0554. The molecule has 1 aromatic carbocycles. The van der Waals surface area contributed by atoms with Crippen LogP contribution in [0.2, 0.25) is 0 Å². The van der Waals surface area contributed by atoms with Gasteiger partial charge in [-0.2, -0.15) is 13.2 Å². The first-order valence-corrected chi connectivity index (χ1v) is 6.72. The smallest absolute Gasteiger partial charge is 0.392 e. The molecule has 0 heterocycles. The lowest BCUT2D eigenvalue weighted by Crippen LogP contribution is -2.46. The molecule has 1 atom stereocenters. The molecular formula is C13H14F3N3OS. The Balaban J connectivity index is 2.01. The lowest BCUT2D eigenvalue weighted by molar-refractivity contribution is -0.137. The number of hydrogen-bond acceptors (Lipinski definition) is 2. The normalized spacial score (nSPS) is 16.1. The Labute approximate surface area is 124 Å². The Morgan fingerprint density at radius 1 is 1.38 bits per heavy atom. The third-order valence-electron chi connectivity index (χ3n) is 3.13. The van der Waals surface area contributed by atoms with Gasteiger partial charge in [-0.15, -0.1) is 0 Å². The first kappa shape index (κ1) is 15.6. The first-order valence-electron chi connectivity index (χ1n) is 6.31. The predicted octanol–water partition coefficient (Wildman–Crippen LogP) is 2.89. The number of hydrogen-bond donors (Lipinski definition) is 3. The third kappa shape index (κ3) is 4.32. The Morgan fingerprint density at radius 2 is 2.05 bits per heavy atom. The van der Waals surface area contributed by atoms with Gasteiger partial charge >= 0.3 is 12.2 Å². The molecule has 114 valence electrons. The number of nitrogens with one attached hydrogen (secondary N) is 2. The van der Waals surface area contributed by atoms with E-state index < -0.39 is 23.8 Å². The van der Waals surface area contributed by atoms with Crippen molar-refractivity contribution in [2.75, 3.05) is 5.32 Å².